The topological polar surface area (TPSA) is 56.2 Å². The SMILES string of the molecule is O=C(NCCc1ccc(-n2cccn2)cc1)C1c2ccccc2Oc2ccccc21. The molecule has 5 rings (SSSR count). The molecule has 2 heterocycles. The van der Waals surface area contributed by atoms with Crippen LogP contribution in [0.2, 0.25) is 0 Å². The van der Waals surface area contributed by atoms with Crippen LogP contribution in [0, 0.1) is 0 Å². The van der Waals surface area contributed by atoms with Gasteiger partial charge in [0.2, 0.25) is 5.91 Å². The lowest BCUT2D eigenvalue weighted by atomic mass is 9.87. The van der Waals surface area contributed by atoms with Crippen molar-refractivity contribution in [2.24, 2.45) is 0 Å². The standard InChI is InChI=1S/C25H21N3O2/c29-25(26-16-14-18-10-12-19(13-11-18)28-17-5-15-27-28)24-20-6-1-3-8-22(20)30-23-9-4-2-7-21(23)24/h1-13,15,17,24H,14,16H2,(H,26,29). The third kappa shape index (κ3) is 3.46. The van der Waals surface area contributed by atoms with Crippen LogP contribution in [0.1, 0.15) is 22.6 Å². The number of hydrogen-bond donors (Lipinski definition) is 1. The number of rotatable bonds is 5. The number of benzene rings is 3. The van der Waals surface area contributed by atoms with Gasteiger partial charge in [-0.1, -0.05) is 48.5 Å². The Bertz CT molecular complexity index is 1120. The minimum absolute atomic E-state index is 0.00800. The maximum atomic E-state index is 13.1. The summed E-state index contributed by atoms with van der Waals surface area (Å²) < 4.78 is 7.81. The zero-order chi connectivity index (χ0) is 20.3. The average Bonchev–Trinajstić information content (AvgIpc) is 3.33. The second-order valence-corrected chi connectivity index (χ2v) is 7.27. The van der Waals surface area contributed by atoms with E-state index in [1.54, 1.807) is 6.20 Å². The maximum Gasteiger partial charge on any atom is 0.232 e. The summed E-state index contributed by atoms with van der Waals surface area (Å²) in [5.74, 6) is 1.11. The van der Waals surface area contributed by atoms with Crippen molar-refractivity contribution < 1.29 is 9.53 Å². The van der Waals surface area contributed by atoms with Gasteiger partial charge in [0.15, 0.2) is 0 Å². The number of ether oxygens (including phenoxy) is 1. The number of nitrogens with one attached hydrogen (secondary N) is 1. The summed E-state index contributed by atoms with van der Waals surface area (Å²) in [4.78, 5) is 13.1. The number of aromatic nitrogens is 2. The number of amides is 1. The highest BCUT2D eigenvalue weighted by molar-refractivity contribution is 5.89. The van der Waals surface area contributed by atoms with Gasteiger partial charge in [0, 0.05) is 30.1 Å². The van der Waals surface area contributed by atoms with Crippen LogP contribution in [0.5, 0.6) is 11.5 Å². The fraction of sp³-hybridized carbons (Fsp3) is 0.120. The predicted octanol–water partition coefficient (Wildman–Crippen LogP) is 4.47. The molecular formula is C25H21N3O2. The smallest absolute Gasteiger partial charge is 0.232 e. The van der Waals surface area contributed by atoms with Crippen LogP contribution < -0.4 is 10.1 Å². The van der Waals surface area contributed by atoms with Gasteiger partial charge in [-0.2, -0.15) is 5.10 Å². The lowest BCUT2D eigenvalue weighted by Gasteiger charge is -2.27. The molecule has 3 aromatic carbocycles. The Morgan fingerprint density at radius 2 is 1.57 bits per heavy atom. The Hall–Kier alpha value is -3.86. The Balaban J connectivity index is 1.28. The lowest BCUT2D eigenvalue weighted by Crippen LogP contribution is -2.33. The van der Waals surface area contributed by atoms with E-state index in [-0.39, 0.29) is 11.8 Å². The van der Waals surface area contributed by atoms with Crippen molar-refractivity contribution in [1.82, 2.24) is 15.1 Å². The number of carbonyl (C=O) groups excluding carboxylic acids is 1. The second kappa shape index (κ2) is 7.87. The van der Waals surface area contributed by atoms with E-state index in [0.717, 1.165) is 34.7 Å². The highest BCUT2D eigenvalue weighted by atomic mass is 16.5. The zero-order valence-corrected chi connectivity index (χ0v) is 16.4. The van der Waals surface area contributed by atoms with Gasteiger partial charge in [-0.05, 0) is 42.3 Å². The van der Waals surface area contributed by atoms with Crippen LogP contribution in [-0.4, -0.2) is 22.2 Å². The third-order valence-electron chi connectivity index (χ3n) is 5.36. The molecule has 0 atom stereocenters. The molecule has 0 bridgehead atoms. The van der Waals surface area contributed by atoms with E-state index in [9.17, 15) is 4.79 Å². The highest BCUT2D eigenvalue weighted by Crippen LogP contribution is 2.43. The van der Waals surface area contributed by atoms with Crippen molar-refractivity contribution in [3.05, 3.63) is 108 Å². The minimum atomic E-state index is -0.367. The van der Waals surface area contributed by atoms with Crippen molar-refractivity contribution in [1.29, 1.82) is 0 Å². The molecular weight excluding hydrogens is 374 g/mol. The van der Waals surface area contributed by atoms with Crippen LogP contribution in [-0.2, 0) is 11.2 Å². The molecule has 1 aliphatic heterocycles. The van der Waals surface area contributed by atoms with E-state index < -0.39 is 0 Å². The fourth-order valence-electron chi connectivity index (χ4n) is 3.86. The van der Waals surface area contributed by atoms with Crippen LogP contribution in [0.25, 0.3) is 5.69 Å². The summed E-state index contributed by atoms with van der Waals surface area (Å²) in [5.41, 5.74) is 3.98. The van der Waals surface area contributed by atoms with E-state index in [1.807, 2.05) is 77.6 Å². The van der Waals surface area contributed by atoms with Crippen molar-refractivity contribution in [3.63, 3.8) is 0 Å². The quantitative estimate of drug-likeness (QED) is 0.542. The summed E-state index contributed by atoms with van der Waals surface area (Å²) in [7, 11) is 0. The van der Waals surface area contributed by atoms with Crippen molar-refractivity contribution in [2.75, 3.05) is 6.54 Å². The first-order valence-electron chi connectivity index (χ1n) is 10.0. The van der Waals surface area contributed by atoms with Gasteiger partial charge in [-0.3, -0.25) is 4.79 Å². The molecule has 5 heteroatoms. The zero-order valence-electron chi connectivity index (χ0n) is 16.4. The molecule has 0 fully saturated rings. The molecule has 0 saturated carbocycles. The monoisotopic (exact) mass is 395 g/mol. The summed E-state index contributed by atoms with van der Waals surface area (Å²) in [6.07, 6.45) is 4.44. The molecule has 30 heavy (non-hydrogen) atoms. The Morgan fingerprint density at radius 1 is 0.900 bits per heavy atom. The number of para-hydroxylation sites is 2. The highest BCUT2D eigenvalue weighted by Gasteiger charge is 2.32. The number of hydrogen-bond acceptors (Lipinski definition) is 3. The van der Waals surface area contributed by atoms with Crippen LogP contribution in [0.4, 0.5) is 0 Å². The second-order valence-electron chi connectivity index (χ2n) is 7.27. The van der Waals surface area contributed by atoms with E-state index >= 15 is 0 Å². The molecule has 148 valence electrons. The largest absolute Gasteiger partial charge is 0.457 e. The lowest BCUT2D eigenvalue weighted by molar-refractivity contribution is -0.121. The molecule has 1 N–H and O–H groups in total. The summed E-state index contributed by atoms with van der Waals surface area (Å²) >= 11 is 0. The van der Waals surface area contributed by atoms with E-state index in [2.05, 4.69) is 22.5 Å². The minimum Gasteiger partial charge on any atom is -0.457 e. The van der Waals surface area contributed by atoms with E-state index in [1.165, 1.54) is 5.56 Å². The first kappa shape index (κ1) is 18.2. The maximum absolute atomic E-state index is 13.1. The van der Waals surface area contributed by atoms with Crippen molar-refractivity contribution in [2.45, 2.75) is 12.3 Å². The molecule has 1 aliphatic rings. The van der Waals surface area contributed by atoms with E-state index in [0.29, 0.717) is 6.54 Å². The van der Waals surface area contributed by atoms with E-state index in [4.69, 9.17) is 4.74 Å². The molecule has 1 aromatic heterocycles. The van der Waals surface area contributed by atoms with Gasteiger partial charge in [0.1, 0.15) is 11.5 Å². The van der Waals surface area contributed by atoms with Crippen LogP contribution >= 0.6 is 0 Å². The normalized spacial score (nSPS) is 12.5. The van der Waals surface area contributed by atoms with Gasteiger partial charge in [-0.25, -0.2) is 4.68 Å². The van der Waals surface area contributed by atoms with Crippen molar-refractivity contribution in [3.8, 4) is 17.2 Å². The first-order valence-corrected chi connectivity index (χ1v) is 10.0. The molecule has 5 nitrogen and oxygen atoms in total. The third-order valence-corrected chi connectivity index (χ3v) is 5.36. The van der Waals surface area contributed by atoms with Crippen LogP contribution in [0.15, 0.2) is 91.3 Å². The molecule has 0 unspecified atom stereocenters. The Morgan fingerprint density at radius 3 is 2.20 bits per heavy atom. The molecule has 0 spiro atoms. The predicted molar refractivity (Wildman–Crippen MR) is 115 cm³/mol. The van der Waals surface area contributed by atoms with Gasteiger partial charge >= 0.3 is 0 Å². The van der Waals surface area contributed by atoms with Gasteiger partial charge in [0.25, 0.3) is 0 Å². The summed E-state index contributed by atoms with van der Waals surface area (Å²) in [5, 5.41) is 7.35. The van der Waals surface area contributed by atoms with Gasteiger partial charge in [-0.15, -0.1) is 0 Å². The first-order chi connectivity index (χ1) is 14.8. The summed E-state index contributed by atoms with van der Waals surface area (Å²) in [6, 6.07) is 25.6. The summed E-state index contributed by atoms with van der Waals surface area (Å²) in [6.45, 7) is 0.571. The van der Waals surface area contributed by atoms with Gasteiger partial charge in [0.05, 0.1) is 11.6 Å². The number of nitrogens with zero attached hydrogens (tertiary/aromatic N) is 2. The molecule has 4 aromatic rings. The van der Waals surface area contributed by atoms with Crippen LogP contribution in [0.3, 0.4) is 0 Å². The average molecular weight is 395 g/mol. The Kier molecular flexibility index (Phi) is 4.77. The number of fused-ring (bicyclic) bond motifs is 2. The molecule has 0 saturated heterocycles. The molecule has 0 aliphatic carbocycles. The molecule has 0 radical (unpaired) electrons. The van der Waals surface area contributed by atoms with Crippen molar-refractivity contribution >= 4 is 5.91 Å². The molecule has 1 amide bonds. The fourth-order valence-corrected chi connectivity index (χ4v) is 3.86. The van der Waals surface area contributed by atoms with Gasteiger partial charge < -0.3 is 10.1 Å². The Labute approximate surface area is 174 Å². The number of carbonyl (C=O) groups is 1.